The Bertz CT molecular complexity index is 710. The van der Waals surface area contributed by atoms with Gasteiger partial charge in [0.25, 0.3) is 5.91 Å². The lowest BCUT2D eigenvalue weighted by Crippen LogP contribution is -2.20. The minimum Gasteiger partial charge on any atom is -0.332 e. The molecule has 0 aliphatic carbocycles. The van der Waals surface area contributed by atoms with Crippen LogP contribution in [0.15, 0.2) is 59.6 Å². The highest BCUT2D eigenvalue weighted by Gasteiger charge is 2.06. The Morgan fingerprint density at radius 1 is 1.00 bits per heavy atom. The zero-order valence-corrected chi connectivity index (χ0v) is 12.6. The Kier molecular flexibility index (Phi) is 5.60. The number of carbonyl (C=O) groups is 2. The van der Waals surface area contributed by atoms with E-state index in [1.807, 2.05) is 30.3 Å². The van der Waals surface area contributed by atoms with Gasteiger partial charge in [-0.25, -0.2) is 10.3 Å². The van der Waals surface area contributed by atoms with E-state index in [-0.39, 0.29) is 0 Å². The Labute approximate surface area is 133 Å². The molecule has 2 aromatic rings. The number of hydrogen-bond acceptors (Lipinski definition) is 3. The molecule has 0 aliphatic rings. The van der Waals surface area contributed by atoms with Gasteiger partial charge in [-0.15, -0.1) is 0 Å². The molecular formula is C17H17N3O3. The van der Waals surface area contributed by atoms with Gasteiger partial charge in [-0.1, -0.05) is 42.5 Å². The highest BCUT2D eigenvalue weighted by molar-refractivity contribution is 6.05. The summed E-state index contributed by atoms with van der Waals surface area (Å²) in [4.78, 5) is 27.0. The van der Waals surface area contributed by atoms with Crippen molar-refractivity contribution in [3.63, 3.8) is 0 Å². The lowest BCUT2D eigenvalue weighted by Gasteiger charge is -2.04. The van der Waals surface area contributed by atoms with E-state index in [9.17, 15) is 9.59 Å². The molecular weight excluding hydrogens is 294 g/mol. The lowest BCUT2D eigenvalue weighted by atomic mass is 10.1. The number of urea groups is 1. The fourth-order valence-electron chi connectivity index (χ4n) is 1.96. The smallest absolute Gasteiger partial charge is 0.332 e. The van der Waals surface area contributed by atoms with Crippen molar-refractivity contribution < 1.29 is 14.8 Å². The first-order chi connectivity index (χ1) is 11.1. The maximum atomic E-state index is 11.8. The number of nitrogens with one attached hydrogen (secondary N) is 2. The van der Waals surface area contributed by atoms with Crippen LogP contribution in [0.5, 0.6) is 0 Å². The first-order valence-corrected chi connectivity index (χ1v) is 7.02. The van der Waals surface area contributed by atoms with Gasteiger partial charge in [-0.3, -0.25) is 10.0 Å². The summed E-state index contributed by atoms with van der Waals surface area (Å²) in [5, 5.41) is 11.3. The van der Waals surface area contributed by atoms with Crippen molar-refractivity contribution in [1.29, 1.82) is 0 Å². The van der Waals surface area contributed by atoms with E-state index < -0.39 is 11.9 Å². The highest BCUT2D eigenvalue weighted by atomic mass is 16.5. The average Bonchev–Trinajstić information content (AvgIpc) is 2.60. The molecule has 0 saturated heterocycles. The standard InChI is InChI=1S/C17H17N3O3/c1-12(14-7-9-15(10-8-14)16(21)20-23)19-17(22)18-11-13-5-3-2-4-6-13/h2-10,23H,11H2,1H3,(H,18,22)(H,20,21)/b19-12+. The molecule has 6 heteroatoms. The number of aliphatic imine (C=N–C) groups is 1. The van der Waals surface area contributed by atoms with Gasteiger partial charge in [0, 0.05) is 12.1 Å². The Balaban J connectivity index is 1.98. The van der Waals surface area contributed by atoms with Crippen molar-refractivity contribution >= 4 is 17.6 Å². The third-order valence-electron chi connectivity index (χ3n) is 3.22. The SMILES string of the molecule is C/C(=N\C(=O)NCc1ccccc1)c1ccc(C(=O)NO)cc1. The molecule has 0 heterocycles. The molecule has 3 N–H and O–H groups in total. The fourth-order valence-corrected chi connectivity index (χ4v) is 1.96. The summed E-state index contributed by atoms with van der Waals surface area (Å²) < 4.78 is 0. The van der Waals surface area contributed by atoms with Crippen molar-refractivity contribution in [1.82, 2.24) is 10.8 Å². The van der Waals surface area contributed by atoms with Crippen LogP contribution in [0.25, 0.3) is 0 Å². The maximum Gasteiger partial charge on any atom is 0.341 e. The molecule has 6 nitrogen and oxygen atoms in total. The quantitative estimate of drug-likeness (QED) is 0.460. The van der Waals surface area contributed by atoms with Gasteiger partial charge in [0.2, 0.25) is 0 Å². The minimum absolute atomic E-state index is 0.317. The third kappa shape index (κ3) is 4.76. The van der Waals surface area contributed by atoms with E-state index in [0.29, 0.717) is 23.4 Å². The summed E-state index contributed by atoms with van der Waals surface area (Å²) in [7, 11) is 0. The summed E-state index contributed by atoms with van der Waals surface area (Å²) in [6.07, 6.45) is 0. The van der Waals surface area contributed by atoms with Crippen LogP contribution in [0.3, 0.4) is 0 Å². The second kappa shape index (κ2) is 7.86. The topological polar surface area (TPSA) is 90.8 Å². The molecule has 0 atom stereocenters. The van der Waals surface area contributed by atoms with Crippen LogP contribution in [0.1, 0.15) is 28.4 Å². The van der Waals surface area contributed by atoms with E-state index in [4.69, 9.17) is 5.21 Å². The molecule has 0 radical (unpaired) electrons. The predicted molar refractivity (Wildman–Crippen MR) is 86.6 cm³/mol. The van der Waals surface area contributed by atoms with Gasteiger partial charge in [0.15, 0.2) is 0 Å². The Morgan fingerprint density at radius 3 is 2.22 bits per heavy atom. The van der Waals surface area contributed by atoms with Crippen molar-refractivity contribution in [2.75, 3.05) is 0 Å². The fraction of sp³-hybridized carbons (Fsp3) is 0.118. The summed E-state index contributed by atoms with van der Waals surface area (Å²) in [6.45, 7) is 2.12. The van der Waals surface area contributed by atoms with E-state index in [1.165, 1.54) is 0 Å². The average molecular weight is 311 g/mol. The van der Waals surface area contributed by atoms with Gasteiger partial charge in [0.1, 0.15) is 0 Å². The number of nitrogens with zero attached hydrogens (tertiary/aromatic N) is 1. The van der Waals surface area contributed by atoms with Crippen molar-refractivity contribution in [2.24, 2.45) is 4.99 Å². The molecule has 118 valence electrons. The van der Waals surface area contributed by atoms with Crippen molar-refractivity contribution in [2.45, 2.75) is 13.5 Å². The summed E-state index contributed by atoms with van der Waals surface area (Å²) in [5.41, 5.74) is 4.12. The van der Waals surface area contributed by atoms with E-state index in [2.05, 4.69) is 10.3 Å². The molecule has 2 rings (SSSR count). The van der Waals surface area contributed by atoms with Crippen molar-refractivity contribution in [3.8, 4) is 0 Å². The Morgan fingerprint density at radius 2 is 1.61 bits per heavy atom. The highest BCUT2D eigenvalue weighted by Crippen LogP contribution is 2.06. The van der Waals surface area contributed by atoms with Crippen LogP contribution in [0.2, 0.25) is 0 Å². The summed E-state index contributed by atoms with van der Waals surface area (Å²) in [6, 6.07) is 15.5. The van der Waals surface area contributed by atoms with Crippen molar-refractivity contribution in [3.05, 3.63) is 71.3 Å². The largest absolute Gasteiger partial charge is 0.341 e. The maximum absolute atomic E-state index is 11.8. The van der Waals surface area contributed by atoms with Crippen LogP contribution in [-0.4, -0.2) is 22.9 Å². The minimum atomic E-state index is -0.591. The van der Waals surface area contributed by atoms with E-state index >= 15 is 0 Å². The summed E-state index contributed by atoms with van der Waals surface area (Å²) >= 11 is 0. The van der Waals surface area contributed by atoms with Gasteiger partial charge in [-0.2, -0.15) is 4.99 Å². The predicted octanol–water partition coefficient (Wildman–Crippen LogP) is 2.52. The molecule has 0 unspecified atom stereocenters. The van der Waals surface area contributed by atoms with Crippen LogP contribution in [-0.2, 0) is 6.54 Å². The first-order valence-electron chi connectivity index (χ1n) is 7.02. The molecule has 0 saturated carbocycles. The number of benzene rings is 2. The molecule has 0 aromatic heterocycles. The number of hydroxylamine groups is 1. The second-order valence-corrected chi connectivity index (χ2v) is 4.86. The number of rotatable bonds is 4. The van der Waals surface area contributed by atoms with Crippen LogP contribution in [0.4, 0.5) is 4.79 Å². The first kappa shape index (κ1) is 16.4. The monoisotopic (exact) mass is 311 g/mol. The zero-order valence-electron chi connectivity index (χ0n) is 12.6. The van der Waals surface area contributed by atoms with Gasteiger partial charge in [0.05, 0.1) is 5.71 Å². The summed E-state index contributed by atoms with van der Waals surface area (Å²) in [5.74, 6) is -0.591. The molecule has 3 amide bonds. The zero-order chi connectivity index (χ0) is 16.7. The molecule has 0 spiro atoms. The third-order valence-corrected chi connectivity index (χ3v) is 3.22. The lowest BCUT2D eigenvalue weighted by molar-refractivity contribution is 0.0706. The number of amides is 3. The van der Waals surface area contributed by atoms with E-state index in [0.717, 1.165) is 5.56 Å². The molecule has 0 aliphatic heterocycles. The van der Waals surface area contributed by atoms with Gasteiger partial charge >= 0.3 is 6.03 Å². The van der Waals surface area contributed by atoms with Crippen LogP contribution < -0.4 is 10.8 Å². The Hall–Kier alpha value is -2.99. The number of hydrogen-bond donors (Lipinski definition) is 3. The normalized spacial score (nSPS) is 11.0. The van der Waals surface area contributed by atoms with Crippen LogP contribution in [0, 0.1) is 0 Å². The molecule has 0 bridgehead atoms. The van der Waals surface area contributed by atoms with E-state index in [1.54, 1.807) is 36.7 Å². The van der Waals surface area contributed by atoms with Gasteiger partial charge in [-0.05, 0) is 30.2 Å². The molecule has 23 heavy (non-hydrogen) atoms. The van der Waals surface area contributed by atoms with Crippen LogP contribution >= 0.6 is 0 Å². The number of carbonyl (C=O) groups excluding carboxylic acids is 2. The molecule has 2 aromatic carbocycles. The van der Waals surface area contributed by atoms with Gasteiger partial charge < -0.3 is 5.32 Å². The second-order valence-electron chi connectivity index (χ2n) is 4.86. The molecule has 0 fully saturated rings.